The highest BCUT2D eigenvalue weighted by molar-refractivity contribution is 5.89. The van der Waals surface area contributed by atoms with E-state index >= 15 is 0 Å². The lowest BCUT2D eigenvalue weighted by atomic mass is 9.97. The van der Waals surface area contributed by atoms with Gasteiger partial charge in [0.15, 0.2) is 0 Å². The summed E-state index contributed by atoms with van der Waals surface area (Å²) in [7, 11) is 2.11. The van der Waals surface area contributed by atoms with Gasteiger partial charge in [0.2, 0.25) is 0 Å². The summed E-state index contributed by atoms with van der Waals surface area (Å²) < 4.78 is 0. The van der Waals surface area contributed by atoms with E-state index in [1.807, 2.05) is 54.6 Å². The third kappa shape index (κ3) is 3.55. The lowest BCUT2D eigenvalue weighted by Gasteiger charge is -2.36. The first-order chi connectivity index (χ1) is 12.7. The van der Waals surface area contributed by atoms with Crippen LogP contribution in [-0.4, -0.2) is 40.5 Å². The molecule has 0 spiro atoms. The van der Waals surface area contributed by atoms with Crippen molar-refractivity contribution in [2.24, 2.45) is 0 Å². The zero-order chi connectivity index (χ0) is 17.9. The van der Waals surface area contributed by atoms with Crippen molar-refractivity contribution >= 4 is 22.8 Å². The number of rotatable bonds is 3. The largest absolute Gasteiger partial charge is 0.341 e. The number of para-hydroxylation sites is 3. The highest BCUT2D eigenvalue weighted by Crippen LogP contribution is 2.29. The summed E-state index contributed by atoms with van der Waals surface area (Å²) in [5.41, 5.74) is 2.83. The van der Waals surface area contributed by atoms with Gasteiger partial charge in [0.25, 0.3) is 0 Å². The standard InChI is InChI=1S/C20H23N5O/c1-25-12-11-15(22-20(26)21-14-7-3-2-4-8-14)13-18(25)19-23-16-9-5-6-10-17(16)24-19/h2-10,15,18H,11-13H2,1H3,(H,23,24)(H2,21,22,26). The van der Waals surface area contributed by atoms with Crippen LogP contribution in [0.1, 0.15) is 24.7 Å². The number of amides is 2. The fourth-order valence-corrected chi connectivity index (χ4v) is 3.54. The Labute approximate surface area is 152 Å². The van der Waals surface area contributed by atoms with E-state index in [1.54, 1.807) is 0 Å². The highest BCUT2D eigenvalue weighted by Gasteiger charge is 2.30. The van der Waals surface area contributed by atoms with Crippen LogP contribution in [0.5, 0.6) is 0 Å². The van der Waals surface area contributed by atoms with Crippen molar-refractivity contribution in [1.82, 2.24) is 20.2 Å². The Bertz CT molecular complexity index is 858. The molecule has 1 saturated heterocycles. The first-order valence-corrected chi connectivity index (χ1v) is 8.96. The topological polar surface area (TPSA) is 73.1 Å². The zero-order valence-electron chi connectivity index (χ0n) is 14.8. The SMILES string of the molecule is CN1CCC(NC(=O)Nc2ccccc2)CC1c1nc2ccccc2[nH]1. The molecule has 26 heavy (non-hydrogen) atoms. The van der Waals surface area contributed by atoms with Gasteiger partial charge >= 0.3 is 6.03 Å². The predicted molar refractivity (Wildman–Crippen MR) is 103 cm³/mol. The molecule has 0 saturated carbocycles. The van der Waals surface area contributed by atoms with Crippen LogP contribution in [0, 0.1) is 0 Å². The fourth-order valence-electron chi connectivity index (χ4n) is 3.54. The van der Waals surface area contributed by atoms with E-state index in [9.17, 15) is 4.79 Å². The number of imidazole rings is 1. The van der Waals surface area contributed by atoms with Crippen molar-refractivity contribution in [3.8, 4) is 0 Å². The van der Waals surface area contributed by atoms with Gasteiger partial charge in [-0.25, -0.2) is 9.78 Å². The zero-order valence-corrected chi connectivity index (χ0v) is 14.8. The monoisotopic (exact) mass is 349 g/mol. The van der Waals surface area contributed by atoms with Gasteiger partial charge in [-0.1, -0.05) is 30.3 Å². The summed E-state index contributed by atoms with van der Waals surface area (Å²) in [6, 6.07) is 17.7. The second kappa shape index (κ2) is 7.17. The van der Waals surface area contributed by atoms with Crippen LogP contribution in [0.3, 0.4) is 0 Å². The van der Waals surface area contributed by atoms with Crippen LogP contribution >= 0.6 is 0 Å². The molecule has 2 atom stereocenters. The second-order valence-corrected chi connectivity index (χ2v) is 6.82. The van der Waals surface area contributed by atoms with E-state index in [4.69, 9.17) is 4.98 Å². The molecule has 134 valence electrons. The first-order valence-electron chi connectivity index (χ1n) is 8.96. The number of carbonyl (C=O) groups excluding carboxylic acids is 1. The number of aromatic amines is 1. The number of hydrogen-bond donors (Lipinski definition) is 3. The van der Waals surface area contributed by atoms with Gasteiger partial charge in [0, 0.05) is 18.3 Å². The van der Waals surface area contributed by atoms with Gasteiger partial charge < -0.3 is 15.6 Å². The van der Waals surface area contributed by atoms with Crippen molar-refractivity contribution in [1.29, 1.82) is 0 Å². The third-order valence-corrected chi connectivity index (χ3v) is 4.96. The average Bonchev–Trinajstić information content (AvgIpc) is 3.08. The number of carbonyl (C=O) groups is 1. The summed E-state index contributed by atoms with van der Waals surface area (Å²) in [5, 5.41) is 5.99. The van der Waals surface area contributed by atoms with E-state index in [0.717, 1.165) is 41.9 Å². The number of urea groups is 1. The normalized spacial score (nSPS) is 20.8. The minimum atomic E-state index is -0.158. The fraction of sp³-hybridized carbons (Fsp3) is 0.300. The van der Waals surface area contributed by atoms with Gasteiger partial charge in [-0.3, -0.25) is 4.90 Å². The Morgan fingerprint density at radius 1 is 1.15 bits per heavy atom. The molecule has 6 nitrogen and oxygen atoms in total. The van der Waals surface area contributed by atoms with Crippen molar-refractivity contribution in [3.63, 3.8) is 0 Å². The van der Waals surface area contributed by atoms with Gasteiger partial charge in [0.05, 0.1) is 17.1 Å². The number of H-pyrrole nitrogens is 1. The molecular weight excluding hydrogens is 326 g/mol. The van der Waals surface area contributed by atoms with Gasteiger partial charge in [0.1, 0.15) is 5.82 Å². The minimum Gasteiger partial charge on any atom is -0.341 e. The molecule has 2 aromatic carbocycles. The number of anilines is 1. The highest BCUT2D eigenvalue weighted by atomic mass is 16.2. The number of nitrogens with zero attached hydrogens (tertiary/aromatic N) is 2. The molecule has 2 amide bonds. The van der Waals surface area contributed by atoms with Crippen molar-refractivity contribution < 1.29 is 4.79 Å². The van der Waals surface area contributed by atoms with Crippen LogP contribution in [0.15, 0.2) is 54.6 Å². The number of aromatic nitrogens is 2. The van der Waals surface area contributed by atoms with E-state index < -0.39 is 0 Å². The summed E-state index contributed by atoms with van der Waals surface area (Å²) in [4.78, 5) is 22.8. The molecule has 0 bridgehead atoms. The molecule has 1 aromatic heterocycles. The summed E-state index contributed by atoms with van der Waals surface area (Å²) in [6.45, 7) is 0.915. The maximum Gasteiger partial charge on any atom is 0.319 e. The molecule has 1 aliphatic rings. The number of nitrogens with one attached hydrogen (secondary N) is 3. The lowest BCUT2D eigenvalue weighted by molar-refractivity contribution is 0.153. The Balaban J connectivity index is 1.43. The Morgan fingerprint density at radius 3 is 2.73 bits per heavy atom. The molecule has 3 N–H and O–H groups in total. The number of likely N-dealkylation sites (tertiary alicyclic amines) is 1. The number of piperidine rings is 1. The average molecular weight is 349 g/mol. The number of fused-ring (bicyclic) bond motifs is 1. The van der Waals surface area contributed by atoms with Crippen molar-refractivity contribution in [2.45, 2.75) is 24.9 Å². The molecule has 1 aliphatic heterocycles. The van der Waals surface area contributed by atoms with Gasteiger partial charge in [-0.2, -0.15) is 0 Å². The van der Waals surface area contributed by atoms with E-state index in [0.29, 0.717) is 0 Å². The smallest absolute Gasteiger partial charge is 0.319 e. The summed E-state index contributed by atoms with van der Waals surface area (Å²) in [6.07, 6.45) is 1.76. The molecular formula is C20H23N5O. The van der Waals surface area contributed by atoms with E-state index in [2.05, 4.69) is 27.6 Å². The first kappa shape index (κ1) is 16.6. The molecule has 4 rings (SSSR count). The molecule has 2 heterocycles. The number of benzene rings is 2. The van der Waals surface area contributed by atoms with Crippen LogP contribution in [0.4, 0.5) is 10.5 Å². The minimum absolute atomic E-state index is 0.119. The van der Waals surface area contributed by atoms with Crippen LogP contribution in [-0.2, 0) is 0 Å². The van der Waals surface area contributed by atoms with Crippen LogP contribution < -0.4 is 10.6 Å². The maximum atomic E-state index is 12.3. The van der Waals surface area contributed by atoms with Gasteiger partial charge in [-0.05, 0) is 44.2 Å². The quantitative estimate of drug-likeness (QED) is 0.677. The second-order valence-electron chi connectivity index (χ2n) is 6.82. The van der Waals surface area contributed by atoms with Crippen LogP contribution in [0.2, 0.25) is 0 Å². The van der Waals surface area contributed by atoms with E-state index in [1.165, 1.54) is 0 Å². The lowest BCUT2D eigenvalue weighted by Crippen LogP contribution is -2.46. The molecule has 1 fully saturated rings. The third-order valence-electron chi connectivity index (χ3n) is 4.96. The van der Waals surface area contributed by atoms with Crippen LogP contribution in [0.25, 0.3) is 11.0 Å². The molecule has 0 radical (unpaired) electrons. The Morgan fingerprint density at radius 2 is 1.92 bits per heavy atom. The van der Waals surface area contributed by atoms with E-state index in [-0.39, 0.29) is 18.1 Å². The van der Waals surface area contributed by atoms with Gasteiger partial charge in [-0.15, -0.1) is 0 Å². The summed E-state index contributed by atoms with van der Waals surface area (Å²) >= 11 is 0. The number of hydrogen-bond acceptors (Lipinski definition) is 3. The Kier molecular flexibility index (Phi) is 4.58. The maximum absolute atomic E-state index is 12.3. The summed E-state index contributed by atoms with van der Waals surface area (Å²) in [5.74, 6) is 0.962. The predicted octanol–water partition coefficient (Wildman–Crippen LogP) is 3.52. The molecule has 0 aliphatic carbocycles. The molecule has 6 heteroatoms. The van der Waals surface area contributed by atoms with Crippen molar-refractivity contribution in [2.75, 3.05) is 18.9 Å². The molecule has 3 aromatic rings. The van der Waals surface area contributed by atoms with Crippen molar-refractivity contribution in [3.05, 3.63) is 60.4 Å². The molecule has 2 unspecified atom stereocenters. The Hall–Kier alpha value is -2.86.